The molecule has 0 bridgehead atoms. The molecule has 1 aliphatic heterocycles. The average Bonchev–Trinajstić information content (AvgIpc) is 2.77. The Kier molecular flexibility index (Phi) is 5.18. The molecule has 1 saturated heterocycles. The van der Waals surface area contributed by atoms with Crippen LogP contribution in [0.2, 0.25) is 0 Å². The number of rotatable bonds is 4. The largest absolute Gasteiger partial charge is 0.497 e. The zero-order chi connectivity index (χ0) is 20.4. The molecule has 0 spiro atoms. The highest BCUT2D eigenvalue weighted by atomic mass is 16.5. The van der Waals surface area contributed by atoms with Gasteiger partial charge < -0.3 is 14.4 Å². The minimum absolute atomic E-state index is 0.149. The number of methoxy groups -OCH3 is 1. The molecule has 0 N–H and O–H groups in total. The summed E-state index contributed by atoms with van der Waals surface area (Å²) in [5.74, 6) is 0.342. The number of fused-ring (bicyclic) bond motifs is 1. The van der Waals surface area contributed by atoms with Gasteiger partial charge in [-0.3, -0.25) is 14.2 Å². The quantitative estimate of drug-likeness (QED) is 0.659. The van der Waals surface area contributed by atoms with Crippen molar-refractivity contribution in [2.24, 2.45) is 0 Å². The molecule has 2 aromatic carbocycles. The third-order valence-electron chi connectivity index (χ3n) is 5.02. The van der Waals surface area contributed by atoms with Crippen LogP contribution in [0, 0.1) is 0 Å². The Balaban J connectivity index is 1.88. The van der Waals surface area contributed by atoms with E-state index in [1.54, 1.807) is 53.4 Å². The molecular formula is C21H21N3O5. The van der Waals surface area contributed by atoms with Crippen LogP contribution in [0.3, 0.4) is 0 Å². The van der Waals surface area contributed by atoms with Gasteiger partial charge in [0, 0.05) is 19.2 Å². The lowest BCUT2D eigenvalue weighted by molar-refractivity contribution is -0.135. The van der Waals surface area contributed by atoms with Crippen molar-refractivity contribution in [1.82, 2.24) is 14.0 Å². The Labute approximate surface area is 166 Å². The lowest BCUT2D eigenvalue weighted by Crippen LogP contribution is -2.45. The van der Waals surface area contributed by atoms with Crippen molar-refractivity contribution >= 4 is 16.8 Å². The molecule has 3 aromatic rings. The zero-order valence-corrected chi connectivity index (χ0v) is 16.0. The molecule has 150 valence electrons. The van der Waals surface area contributed by atoms with E-state index in [9.17, 15) is 14.4 Å². The highest BCUT2D eigenvalue weighted by Gasteiger charge is 2.21. The van der Waals surface area contributed by atoms with Gasteiger partial charge in [0.2, 0.25) is 5.91 Å². The first-order chi connectivity index (χ1) is 14.1. The summed E-state index contributed by atoms with van der Waals surface area (Å²) in [5.41, 5.74) is -0.182. The van der Waals surface area contributed by atoms with Crippen molar-refractivity contribution in [1.29, 1.82) is 0 Å². The number of morpholine rings is 1. The minimum Gasteiger partial charge on any atom is -0.497 e. The average molecular weight is 395 g/mol. The molecular weight excluding hydrogens is 374 g/mol. The molecule has 1 amide bonds. The monoisotopic (exact) mass is 395 g/mol. The third-order valence-corrected chi connectivity index (χ3v) is 5.02. The Morgan fingerprint density at radius 3 is 2.59 bits per heavy atom. The molecule has 1 fully saturated rings. The lowest BCUT2D eigenvalue weighted by atomic mass is 10.2. The molecule has 0 saturated carbocycles. The molecule has 4 rings (SSSR count). The molecule has 8 heteroatoms. The fraction of sp³-hybridized carbons (Fsp3) is 0.286. The van der Waals surface area contributed by atoms with Gasteiger partial charge in [0.1, 0.15) is 12.3 Å². The van der Waals surface area contributed by atoms with E-state index in [4.69, 9.17) is 9.47 Å². The topological polar surface area (TPSA) is 82.8 Å². The van der Waals surface area contributed by atoms with Gasteiger partial charge in [-0.05, 0) is 24.3 Å². The van der Waals surface area contributed by atoms with Crippen molar-refractivity contribution in [2.75, 3.05) is 33.4 Å². The van der Waals surface area contributed by atoms with Crippen LogP contribution in [0.25, 0.3) is 16.6 Å². The third kappa shape index (κ3) is 3.54. The van der Waals surface area contributed by atoms with Crippen LogP contribution in [0.1, 0.15) is 0 Å². The van der Waals surface area contributed by atoms with Gasteiger partial charge in [-0.2, -0.15) is 0 Å². The maximum absolute atomic E-state index is 13.3. The molecule has 0 atom stereocenters. The van der Waals surface area contributed by atoms with Gasteiger partial charge >= 0.3 is 5.69 Å². The molecule has 0 aliphatic carbocycles. The highest BCUT2D eigenvalue weighted by molar-refractivity contribution is 5.82. The van der Waals surface area contributed by atoms with E-state index in [1.165, 1.54) is 11.7 Å². The minimum atomic E-state index is -0.566. The fourth-order valence-corrected chi connectivity index (χ4v) is 3.50. The van der Waals surface area contributed by atoms with Crippen LogP contribution in [0.5, 0.6) is 5.75 Å². The number of para-hydroxylation sites is 1. The second-order valence-corrected chi connectivity index (χ2v) is 6.72. The van der Waals surface area contributed by atoms with Gasteiger partial charge in [0.25, 0.3) is 5.56 Å². The summed E-state index contributed by atoms with van der Waals surface area (Å²) < 4.78 is 12.9. The van der Waals surface area contributed by atoms with E-state index < -0.39 is 11.2 Å². The van der Waals surface area contributed by atoms with E-state index in [0.717, 1.165) is 4.57 Å². The first kappa shape index (κ1) is 18.9. The first-order valence-corrected chi connectivity index (χ1v) is 9.34. The maximum Gasteiger partial charge on any atom is 0.336 e. The second kappa shape index (κ2) is 7.92. The summed E-state index contributed by atoms with van der Waals surface area (Å²) in [4.78, 5) is 40.9. The smallest absolute Gasteiger partial charge is 0.336 e. The predicted octanol–water partition coefficient (Wildman–Crippen LogP) is 1.02. The van der Waals surface area contributed by atoms with Crippen LogP contribution in [-0.4, -0.2) is 53.4 Å². The Morgan fingerprint density at radius 2 is 1.83 bits per heavy atom. The van der Waals surface area contributed by atoms with Crippen LogP contribution >= 0.6 is 0 Å². The molecule has 2 heterocycles. The lowest BCUT2D eigenvalue weighted by Gasteiger charge is -2.27. The van der Waals surface area contributed by atoms with E-state index in [2.05, 4.69) is 0 Å². The van der Waals surface area contributed by atoms with E-state index in [1.807, 2.05) is 0 Å². The Morgan fingerprint density at radius 1 is 1.07 bits per heavy atom. The summed E-state index contributed by atoms with van der Waals surface area (Å²) in [6.07, 6.45) is 0. The van der Waals surface area contributed by atoms with Crippen LogP contribution in [0.15, 0.2) is 58.1 Å². The van der Waals surface area contributed by atoms with Gasteiger partial charge in [0.15, 0.2) is 0 Å². The number of nitrogens with zero attached hydrogens (tertiary/aromatic N) is 3. The van der Waals surface area contributed by atoms with Gasteiger partial charge in [-0.15, -0.1) is 0 Å². The first-order valence-electron chi connectivity index (χ1n) is 9.34. The molecule has 0 unspecified atom stereocenters. The number of aromatic nitrogens is 2. The van der Waals surface area contributed by atoms with E-state index in [-0.39, 0.29) is 12.5 Å². The zero-order valence-electron chi connectivity index (χ0n) is 16.0. The Hall–Kier alpha value is -3.39. The molecule has 1 aliphatic rings. The molecule has 0 radical (unpaired) electrons. The molecule has 29 heavy (non-hydrogen) atoms. The number of hydrogen-bond acceptors (Lipinski definition) is 5. The predicted molar refractivity (Wildman–Crippen MR) is 108 cm³/mol. The number of hydrogen-bond donors (Lipinski definition) is 0. The number of carbonyl (C=O) groups is 1. The number of amides is 1. The second-order valence-electron chi connectivity index (χ2n) is 6.72. The van der Waals surface area contributed by atoms with Crippen molar-refractivity contribution in [3.63, 3.8) is 0 Å². The maximum atomic E-state index is 13.3. The Bertz CT molecular complexity index is 1170. The summed E-state index contributed by atoms with van der Waals surface area (Å²) in [7, 11) is 1.52. The van der Waals surface area contributed by atoms with Crippen LogP contribution < -0.4 is 16.0 Å². The highest BCUT2D eigenvalue weighted by Crippen LogP contribution is 2.16. The van der Waals surface area contributed by atoms with Crippen molar-refractivity contribution in [2.45, 2.75) is 6.54 Å². The number of carbonyl (C=O) groups excluding carboxylic acids is 1. The number of ether oxygens (including phenoxy) is 2. The summed E-state index contributed by atoms with van der Waals surface area (Å²) in [5, 5.41) is 0.365. The van der Waals surface area contributed by atoms with Crippen molar-refractivity contribution in [3.8, 4) is 11.4 Å². The summed E-state index contributed by atoms with van der Waals surface area (Å²) >= 11 is 0. The molecule has 1 aromatic heterocycles. The molecule has 8 nitrogen and oxygen atoms in total. The van der Waals surface area contributed by atoms with Crippen LogP contribution in [-0.2, 0) is 16.1 Å². The summed E-state index contributed by atoms with van der Waals surface area (Å²) in [6, 6.07) is 13.5. The van der Waals surface area contributed by atoms with Gasteiger partial charge in [-0.1, -0.05) is 18.2 Å². The summed E-state index contributed by atoms with van der Waals surface area (Å²) in [6.45, 7) is 1.78. The fourth-order valence-electron chi connectivity index (χ4n) is 3.50. The number of benzene rings is 2. The van der Waals surface area contributed by atoms with Gasteiger partial charge in [0.05, 0.1) is 36.9 Å². The van der Waals surface area contributed by atoms with E-state index >= 15 is 0 Å². The van der Waals surface area contributed by atoms with E-state index in [0.29, 0.717) is 48.6 Å². The normalized spacial score (nSPS) is 14.2. The van der Waals surface area contributed by atoms with Crippen molar-refractivity contribution in [3.05, 3.63) is 69.4 Å². The van der Waals surface area contributed by atoms with Gasteiger partial charge in [-0.25, -0.2) is 9.36 Å². The van der Waals surface area contributed by atoms with Crippen molar-refractivity contribution < 1.29 is 14.3 Å². The standard InChI is InChI=1S/C21H21N3O5/c1-28-16-6-4-5-15(13-16)24-20(26)17-7-2-3-8-18(17)23(21(24)27)14-19(25)22-9-11-29-12-10-22/h2-8,13H,9-12,14H2,1H3. The van der Waals surface area contributed by atoms with Crippen LogP contribution in [0.4, 0.5) is 0 Å². The SMILES string of the molecule is COc1cccc(-n2c(=O)c3ccccc3n(CC(=O)N3CCOCC3)c2=O)c1.